The molecule has 2 aromatic heterocycles. The van der Waals surface area contributed by atoms with Crippen LogP contribution in [0.2, 0.25) is 5.02 Å². The Balaban J connectivity index is 0.000000872. The van der Waals surface area contributed by atoms with Gasteiger partial charge in [-0.05, 0) is 23.6 Å². The van der Waals surface area contributed by atoms with Crippen LogP contribution in [0, 0.1) is 0 Å². The molecule has 0 atom stereocenters. The molecule has 134 valence electrons. The molecule has 0 radical (unpaired) electrons. The van der Waals surface area contributed by atoms with Gasteiger partial charge >= 0.3 is 0 Å². The number of rotatable bonds is 2. The van der Waals surface area contributed by atoms with E-state index in [0.717, 1.165) is 28.1 Å². The summed E-state index contributed by atoms with van der Waals surface area (Å²) in [6.45, 7) is 4.00. The average molecular weight is 374 g/mol. The Kier molecular flexibility index (Phi) is 4.69. The molecule has 0 bridgehead atoms. The van der Waals surface area contributed by atoms with Crippen LogP contribution in [0.25, 0.3) is 27.3 Å². The van der Waals surface area contributed by atoms with Gasteiger partial charge in [0, 0.05) is 10.8 Å². The second kappa shape index (κ2) is 7.29. The molecular formula is C23H20ClN3. The van der Waals surface area contributed by atoms with E-state index in [1.807, 2.05) is 50.4 Å². The average Bonchev–Trinajstić information content (AvgIpc) is 3.16. The van der Waals surface area contributed by atoms with Gasteiger partial charge in [0.2, 0.25) is 0 Å². The van der Waals surface area contributed by atoms with Crippen molar-refractivity contribution in [1.82, 2.24) is 9.38 Å². The highest BCUT2D eigenvalue weighted by atomic mass is 35.5. The van der Waals surface area contributed by atoms with Gasteiger partial charge in [-0.3, -0.25) is 4.40 Å². The zero-order valence-electron chi connectivity index (χ0n) is 15.3. The van der Waals surface area contributed by atoms with Crippen molar-refractivity contribution in [3.63, 3.8) is 0 Å². The van der Waals surface area contributed by atoms with Crippen molar-refractivity contribution in [3.8, 4) is 0 Å². The third kappa shape index (κ3) is 2.90. The number of benzene rings is 3. The third-order valence-corrected chi connectivity index (χ3v) is 4.83. The Morgan fingerprint density at radius 3 is 2.19 bits per heavy atom. The standard InChI is InChI=1S/C21H14ClN3.C2H6/c22-17-10-4-5-11-18(17)24-20-13-23-21-16-9-2-1-7-14(16)15-8-3-6-12-19(15)25(20)21;1-2/h1-13,24H;1-2H3. The molecule has 0 aliphatic carbocycles. The molecule has 3 nitrogen and oxygen atoms in total. The predicted molar refractivity (Wildman–Crippen MR) is 116 cm³/mol. The highest BCUT2D eigenvalue weighted by molar-refractivity contribution is 6.33. The first-order valence-electron chi connectivity index (χ1n) is 9.11. The van der Waals surface area contributed by atoms with Crippen molar-refractivity contribution in [2.24, 2.45) is 0 Å². The summed E-state index contributed by atoms with van der Waals surface area (Å²) in [6, 6.07) is 24.5. The van der Waals surface area contributed by atoms with E-state index in [1.165, 1.54) is 10.8 Å². The molecule has 1 N–H and O–H groups in total. The molecule has 27 heavy (non-hydrogen) atoms. The summed E-state index contributed by atoms with van der Waals surface area (Å²) in [6.07, 6.45) is 1.86. The van der Waals surface area contributed by atoms with Gasteiger partial charge in [0.05, 0.1) is 22.4 Å². The van der Waals surface area contributed by atoms with Crippen molar-refractivity contribution in [2.45, 2.75) is 13.8 Å². The Labute approximate surface area is 163 Å². The summed E-state index contributed by atoms with van der Waals surface area (Å²) in [5.74, 6) is 0.894. The van der Waals surface area contributed by atoms with Gasteiger partial charge in [-0.1, -0.05) is 80.0 Å². The van der Waals surface area contributed by atoms with Gasteiger partial charge in [-0.15, -0.1) is 0 Å². The van der Waals surface area contributed by atoms with Gasteiger partial charge in [-0.2, -0.15) is 0 Å². The van der Waals surface area contributed by atoms with Gasteiger partial charge < -0.3 is 5.32 Å². The molecular weight excluding hydrogens is 354 g/mol. The lowest BCUT2D eigenvalue weighted by Crippen LogP contribution is -1.98. The molecule has 5 rings (SSSR count). The van der Waals surface area contributed by atoms with Crippen LogP contribution in [0.5, 0.6) is 0 Å². The van der Waals surface area contributed by atoms with E-state index < -0.39 is 0 Å². The summed E-state index contributed by atoms with van der Waals surface area (Å²) in [5.41, 5.74) is 2.91. The minimum Gasteiger partial charge on any atom is -0.339 e. The van der Waals surface area contributed by atoms with E-state index >= 15 is 0 Å². The van der Waals surface area contributed by atoms with Crippen molar-refractivity contribution in [3.05, 3.63) is 84.0 Å². The Morgan fingerprint density at radius 2 is 1.41 bits per heavy atom. The molecule has 0 saturated carbocycles. The van der Waals surface area contributed by atoms with Gasteiger partial charge in [0.1, 0.15) is 11.5 Å². The number of fused-ring (bicyclic) bond motifs is 6. The first kappa shape index (κ1) is 17.4. The van der Waals surface area contributed by atoms with E-state index in [4.69, 9.17) is 11.6 Å². The van der Waals surface area contributed by atoms with E-state index in [2.05, 4.69) is 57.2 Å². The highest BCUT2D eigenvalue weighted by Gasteiger charge is 2.13. The second-order valence-corrected chi connectivity index (χ2v) is 6.38. The molecule has 0 aliphatic rings. The zero-order valence-corrected chi connectivity index (χ0v) is 16.0. The molecule has 2 heterocycles. The maximum atomic E-state index is 6.31. The number of hydrogen-bond acceptors (Lipinski definition) is 2. The second-order valence-electron chi connectivity index (χ2n) is 5.97. The molecule has 0 fully saturated rings. The lowest BCUT2D eigenvalue weighted by atomic mass is 10.1. The number of anilines is 2. The fourth-order valence-electron chi connectivity index (χ4n) is 3.38. The smallest absolute Gasteiger partial charge is 0.146 e. The van der Waals surface area contributed by atoms with Gasteiger partial charge in [0.15, 0.2) is 0 Å². The maximum absolute atomic E-state index is 6.31. The summed E-state index contributed by atoms with van der Waals surface area (Å²) < 4.78 is 2.15. The van der Waals surface area contributed by atoms with Crippen molar-refractivity contribution in [1.29, 1.82) is 0 Å². The lowest BCUT2D eigenvalue weighted by molar-refractivity contribution is 1.26. The molecule has 4 heteroatoms. The summed E-state index contributed by atoms with van der Waals surface area (Å²) in [7, 11) is 0. The number of pyridine rings is 1. The summed E-state index contributed by atoms with van der Waals surface area (Å²) in [5, 5.41) is 7.64. The quantitative estimate of drug-likeness (QED) is 0.335. The lowest BCUT2D eigenvalue weighted by Gasteiger charge is -2.12. The van der Waals surface area contributed by atoms with Crippen LogP contribution in [0.3, 0.4) is 0 Å². The number of nitrogens with one attached hydrogen (secondary N) is 1. The minimum absolute atomic E-state index is 0.683. The van der Waals surface area contributed by atoms with Crippen LogP contribution < -0.4 is 5.32 Å². The van der Waals surface area contributed by atoms with E-state index in [0.29, 0.717) is 5.02 Å². The fourth-order valence-corrected chi connectivity index (χ4v) is 3.57. The van der Waals surface area contributed by atoms with E-state index in [-0.39, 0.29) is 0 Å². The van der Waals surface area contributed by atoms with Crippen molar-refractivity contribution >= 4 is 50.4 Å². The van der Waals surface area contributed by atoms with Crippen LogP contribution in [0.1, 0.15) is 13.8 Å². The Morgan fingerprint density at radius 1 is 0.778 bits per heavy atom. The Bertz CT molecular complexity index is 1240. The van der Waals surface area contributed by atoms with E-state index in [9.17, 15) is 0 Å². The molecule has 0 saturated heterocycles. The molecule has 5 aromatic rings. The van der Waals surface area contributed by atoms with Crippen molar-refractivity contribution in [2.75, 3.05) is 5.32 Å². The molecule has 3 aromatic carbocycles. The molecule has 0 aliphatic heterocycles. The first-order chi connectivity index (χ1) is 13.3. The largest absolute Gasteiger partial charge is 0.339 e. The van der Waals surface area contributed by atoms with Gasteiger partial charge in [-0.25, -0.2) is 4.98 Å². The normalized spacial score (nSPS) is 10.8. The molecule has 0 spiro atoms. The van der Waals surface area contributed by atoms with Crippen LogP contribution in [0.4, 0.5) is 11.5 Å². The predicted octanol–water partition coefficient (Wildman–Crippen LogP) is 7.06. The highest BCUT2D eigenvalue weighted by Crippen LogP contribution is 2.33. The Hall–Kier alpha value is -3.04. The van der Waals surface area contributed by atoms with Crippen molar-refractivity contribution < 1.29 is 0 Å². The fraction of sp³-hybridized carbons (Fsp3) is 0.0870. The molecule has 0 amide bonds. The topological polar surface area (TPSA) is 29.3 Å². The number of halogens is 1. The number of para-hydroxylation sites is 2. The van der Waals surface area contributed by atoms with Crippen LogP contribution in [-0.2, 0) is 0 Å². The molecule has 0 unspecified atom stereocenters. The van der Waals surface area contributed by atoms with Crippen LogP contribution in [0.15, 0.2) is 79.0 Å². The SMILES string of the molecule is CC.Clc1ccccc1Nc1cnc2c3ccccc3c3ccccc3n12. The monoisotopic (exact) mass is 373 g/mol. The van der Waals surface area contributed by atoms with Crippen LogP contribution >= 0.6 is 11.6 Å². The van der Waals surface area contributed by atoms with Crippen LogP contribution in [-0.4, -0.2) is 9.38 Å². The number of hydrogen-bond donors (Lipinski definition) is 1. The third-order valence-electron chi connectivity index (χ3n) is 4.50. The number of aromatic nitrogens is 2. The summed E-state index contributed by atoms with van der Waals surface area (Å²) in [4.78, 5) is 4.68. The summed E-state index contributed by atoms with van der Waals surface area (Å²) >= 11 is 6.31. The number of imidazole rings is 1. The minimum atomic E-state index is 0.683. The number of nitrogens with zero attached hydrogens (tertiary/aromatic N) is 2. The maximum Gasteiger partial charge on any atom is 0.146 e. The first-order valence-corrected chi connectivity index (χ1v) is 9.49. The van der Waals surface area contributed by atoms with Gasteiger partial charge in [0.25, 0.3) is 0 Å². The zero-order chi connectivity index (χ0) is 18.8. The van der Waals surface area contributed by atoms with E-state index in [1.54, 1.807) is 0 Å².